The van der Waals surface area contributed by atoms with Crippen LogP contribution in [-0.2, 0) is 23.0 Å². The van der Waals surface area contributed by atoms with Gasteiger partial charge in [0.15, 0.2) is 0 Å². The molecule has 0 amide bonds. The molecule has 1 aromatic carbocycles. The van der Waals surface area contributed by atoms with Crippen LogP contribution < -0.4 is 0 Å². The molecule has 134 valence electrons. The summed E-state index contributed by atoms with van der Waals surface area (Å²) in [6.45, 7) is 0.178. The lowest BCUT2D eigenvalue weighted by Gasteiger charge is -2.39. The van der Waals surface area contributed by atoms with E-state index in [9.17, 15) is 13.5 Å². The number of hydrogen-bond acceptors (Lipinski definition) is 5. The Morgan fingerprint density at radius 3 is 2.69 bits per heavy atom. The van der Waals surface area contributed by atoms with Gasteiger partial charge in [-0.1, -0.05) is 30.3 Å². The first-order valence-corrected chi connectivity index (χ1v) is 10.6. The zero-order chi connectivity index (χ0) is 18.1. The number of sulfonamides is 1. The zero-order valence-corrected chi connectivity index (χ0v) is 15.5. The molecule has 0 fully saturated rings. The molecule has 0 bridgehead atoms. The molecule has 0 saturated carbocycles. The average molecular weight is 386 g/mol. The van der Waals surface area contributed by atoms with Crippen molar-refractivity contribution in [3.05, 3.63) is 82.3 Å². The standard InChI is InChI=1S/C19H18N2O3S2/c22-19-16-7-1-2-8-18(16)26(23,24)21(13-14-5-3-9-20-12-14)17(19)11-15-6-4-10-25-15/h1-10,12,17,19,22H,11,13H2. The first-order chi connectivity index (χ1) is 12.6. The third kappa shape index (κ3) is 3.07. The van der Waals surface area contributed by atoms with Crippen LogP contribution in [0.25, 0.3) is 0 Å². The smallest absolute Gasteiger partial charge is 0.244 e. The highest BCUT2D eigenvalue weighted by Gasteiger charge is 2.43. The molecule has 7 heteroatoms. The average Bonchev–Trinajstić information content (AvgIpc) is 3.17. The van der Waals surface area contributed by atoms with Crippen LogP contribution in [0.1, 0.15) is 22.1 Å². The van der Waals surface area contributed by atoms with Crippen molar-refractivity contribution in [2.45, 2.75) is 30.0 Å². The Morgan fingerprint density at radius 1 is 1.12 bits per heavy atom. The van der Waals surface area contributed by atoms with E-state index in [1.807, 2.05) is 23.6 Å². The van der Waals surface area contributed by atoms with Gasteiger partial charge in [-0.3, -0.25) is 4.98 Å². The van der Waals surface area contributed by atoms with E-state index in [2.05, 4.69) is 4.98 Å². The van der Waals surface area contributed by atoms with E-state index < -0.39 is 22.2 Å². The van der Waals surface area contributed by atoms with Crippen molar-refractivity contribution in [2.24, 2.45) is 0 Å². The Balaban J connectivity index is 1.80. The number of aliphatic hydroxyl groups is 1. The summed E-state index contributed by atoms with van der Waals surface area (Å²) in [4.78, 5) is 5.30. The summed E-state index contributed by atoms with van der Waals surface area (Å²) in [6, 6.07) is 13.7. The van der Waals surface area contributed by atoms with Gasteiger partial charge in [-0.05, 0) is 29.1 Å². The molecule has 0 spiro atoms. The van der Waals surface area contributed by atoms with Crippen LogP contribution in [0.5, 0.6) is 0 Å². The number of rotatable bonds is 4. The minimum atomic E-state index is -3.72. The van der Waals surface area contributed by atoms with Gasteiger partial charge in [-0.2, -0.15) is 4.31 Å². The molecule has 1 aliphatic heterocycles. The van der Waals surface area contributed by atoms with E-state index in [0.29, 0.717) is 12.0 Å². The van der Waals surface area contributed by atoms with Crippen LogP contribution in [-0.4, -0.2) is 28.9 Å². The van der Waals surface area contributed by atoms with E-state index in [-0.39, 0.29) is 11.4 Å². The highest BCUT2D eigenvalue weighted by molar-refractivity contribution is 7.89. The SMILES string of the molecule is O=S1(=O)c2ccccc2C(O)C(Cc2cccs2)N1Cc1cccnc1. The van der Waals surface area contributed by atoms with Crippen LogP contribution in [0, 0.1) is 0 Å². The predicted molar refractivity (Wildman–Crippen MR) is 100 cm³/mol. The maximum Gasteiger partial charge on any atom is 0.244 e. The maximum atomic E-state index is 13.3. The van der Waals surface area contributed by atoms with Gasteiger partial charge in [-0.15, -0.1) is 11.3 Å². The molecule has 0 aliphatic carbocycles. The number of aromatic nitrogens is 1. The number of nitrogens with zero attached hydrogens (tertiary/aromatic N) is 2. The fraction of sp³-hybridized carbons (Fsp3) is 0.211. The van der Waals surface area contributed by atoms with E-state index in [1.54, 1.807) is 54.1 Å². The van der Waals surface area contributed by atoms with Gasteiger partial charge >= 0.3 is 0 Å². The second-order valence-electron chi connectivity index (χ2n) is 6.25. The molecule has 2 aromatic heterocycles. The van der Waals surface area contributed by atoms with Crippen LogP contribution in [0.15, 0.2) is 71.2 Å². The van der Waals surface area contributed by atoms with E-state index in [1.165, 1.54) is 4.31 Å². The second kappa shape index (κ2) is 6.92. The third-order valence-electron chi connectivity index (χ3n) is 4.61. The molecule has 26 heavy (non-hydrogen) atoms. The van der Waals surface area contributed by atoms with Crippen molar-refractivity contribution in [3.63, 3.8) is 0 Å². The van der Waals surface area contributed by atoms with Crippen molar-refractivity contribution in [3.8, 4) is 0 Å². The summed E-state index contributed by atoms with van der Waals surface area (Å²) in [5, 5.41) is 12.9. The molecule has 4 rings (SSSR count). The van der Waals surface area contributed by atoms with Crippen LogP contribution in [0.4, 0.5) is 0 Å². The fourth-order valence-electron chi connectivity index (χ4n) is 3.35. The van der Waals surface area contributed by atoms with Crippen molar-refractivity contribution < 1.29 is 13.5 Å². The second-order valence-corrected chi connectivity index (χ2v) is 9.14. The van der Waals surface area contributed by atoms with Gasteiger partial charge in [0.05, 0.1) is 17.0 Å². The topological polar surface area (TPSA) is 70.5 Å². The summed E-state index contributed by atoms with van der Waals surface area (Å²) in [6.07, 6.45) is 2.90. The molecule has 0 radical (unpaired) electrons. The molecular formula is C19H18N2O3S2. The van der Waals surface area contributed by atoms with Gasteiger partial charge in [0.1, 0.15) is 0 Å². The zero-order valence-electron chi connectivity index (χ0n) is 13.9. The van der Waals surface area contributed by atoms with E-state index in [4.69, 9.17) is 0 Å². The molecule has 3 heterocycles. The molecule has 5 nitrogen and oxygen atoms in total. The molecule has 2 unspecified atom stereocenters. The van der Waals surface area contributed by atoms with Crippen molar-refractivity contribution in [2.75, 3.05) is 0 Å². The molecule has 3 aromatic rings. The Morgan fingerprint density at radius 2 is 1.96 bits per heavy atom. The summed E-state index contributed by atoms with van der Waals surface area (Å²) >= 11 is 1.56. The monoisotopic (exact) mass is 386 g/mol. The number of pyridine rings is 1. The van der Waals surface area contributed by atoms with Gasteiger partial charge in [-0.25, -0.2) is 8.42 Å². The minimum absolute atomic E-state index is 0.178. The summed E-state index contributed by atoms with van der Waals surface area (Å²) in [7, 11) is -3.72. The maximum absolute atomic E-state index is 13.3. The quantitative estimate of drug-likeness (QED) is 0.748. The van der Waals surface area contributed by atoms with E-state index >= 15 is 0 Å². The first kappa shape index (κ1) is 17.4. The third-order valence-corrected chi connectivity index (χ3v) is 7.45. The highest BCUT2D eigenvalue weighted by atomic mass is 32.2. The molecule has 1 aliphatic rings. The van der Waals surface area contributed by atoms with Crippen molar-refractivity contribution >= 4 is 21.4 Å². The highest BCUT2D eigenvalue weighted by Crippen LogP contribution is 2.39. The molecule has 1 N–H and O–H groups in total. The number of benzene rings is 1. The van der Waals surface area contributed by atoms with Crippen molar-refractivity contribution in [1.29, 1.82) is 0 Å². The van der Waals surface area contributed by atoms with Gasteiger partial charge in [0, 0.05) is 35.8 Å². The largest absolute Gasteiger partial charge is 0.387 e. The first-order valence-electron chi connectivity index (χ1n) is 8.27. The number of fused-ring (bicyclic) bond motifs is 1. The Bertz CT molecular complexity index is 989. The lowest BCUT2D eigenvalue weighted by atomic mass is 9.98. The summed E-state index contributed by atoms with van der Waals surface area (Å²) in [5.74, 6) is 0. The lowest BCUT2D eigenvalue weighted by Crippen LogP contribution is -2.48. The van der Waals surface area contributed by atoms with Gasteiger partial charge in [0.2, 0.25) is 10.0 Å². The van der Waals surface area contributed by atoms with Crippen LogP contribution in [0.2, 0.25) is 0 Å². The molecular weight excluding hydrogens is 368 g/mol. The Labute approximate surface area is 156 Å². The Kier molecular flexibility index (Phi) is 4.62. The van der Waals surface area contributed by atoms with E-state index in [0.717, 1.165) is 10.4 Å². The lowest BCUT2D eigenvalue weighted by molar-refractivity contribution is 0.0773. The minimum Gasteiger partial charge on any atom is -0.387 e. The number of thiophene rings is 1. The predicted octanol–water partition coefficient (Wildman–Crippen LogP) is 2.99. The van der Waals surface area contributed by atoms with Gasteiger partial charge < -0.3 is 5.11 Å². The summed E-state index contributed by atoms with van der Waals surface area (Å²) < 4.78 is 28.0. The van der Waals surface area contributed by atoms with Crippen molar-refractivity contribution in [1.82, 2.24) is 9.29 Å². The summed E-state index contributed by atoms with van der Waals surface area (Å²) in [5.41, 5.74) is 1.26. The Hall–Kier alpha value is -2.06. The molecule has 0 saturated heterocycles. The molecule has 2 atom stereocenters. The number of aliphatic hydroxyl groups excluding tert-OH is 1. The van der Waals surface area contributed by atoms with Gasteiger partial charge in [0.25, 0.3) is 0 Å². The normalized spacial score (nSPS) is 22.0. The van der Waals surface area contributed by atoms with Crippen LogP contribution in [0.3, 0.4) is 0 Å². The van der Waals surface area contributed by atoms with Crippen LogP contribution >= 0.6 is 11.3 Å². The number of hydrogen-bond donors (Lipinski definition) is 1. The fourth-order valence-corrected chi connectivity index (χ4v) is 5.96.